The second-order valence-corrected chi connectivity index (χ2v) is 9.23. The number of aliphatic hydroxyl groups excluding tert-OH is 2. The summed E-state index contributed by atoms with van der Waals surface area (Å²) in [5.74, 6) is 0. The number of fused-ring (bicyclic) bond motifs is 2. The molecule has 0 aliphatic carbocycles. The van der Waals surface area contributed by atoms with Crippen molar-refractivity contribution in [2.75, 3.05) is 50.0 Å². The Morgan fingerprint density at radius 1 is 1.00 bits per heavy atom. The van der Waals surface area contributed by atoms with E-state index in [0.29, 0.717) is 19.6 Å². The Bertz CT molecular complexity index is 1110. The van der Waals surface area contributed by atoms with Crippen LogP contribution in [0.3, 0.4) is 0 Å². The van der Waals surface area contributed by atoms with E-state index in [0.717, 1.165) is 48.7 Å². The Hall–Kier alpha value is -3.04. The van der Waals surface area contributed by atoms with Crippen molar-refractivity contribution in [2.24, 2.45) is 0 Å². The topological polar surface area (TPSA) is 88.0 Å². The molecule has 0 bridgehead atoms. The number of hydrogen-bond acceptors (Lipinski definition) is 8. The average Bonchev–Trinajstić information content (AvgIpc) is 2.96. The largest absolute Gasteiger partial charge is 0.390 e. The zero-order chi connectivity index (χ0) is 23.5. The zero-order valence-corrected chi connectivity index (χ0v) is 19.5. The Labute approximate surface area is 200 Å². The van der Waals surface area contributed by atoms with Crippen molar-refractivity contribution >= 4 is 17.1 Å². The lowest BCUT2D eigenvalue weighted by Gasteiger charge is -2.33. The Balaban J connectivity index is 1.27. The lowest BCUT2D eigenvalue weighted by Crippen LogP contribution is -2.44. The first-order chi connectivity index (χ1) is 16.6. The lowest BCUT2D eigenvalue weighted by molar-refractivity contribution is -0.0275. The second kappa shape index (κ2) is 10.1. The summed E-state index contributed by atoms with van der Waals surface area (Å²) in [5.41, 5.74) is 6.27. The van der Waals surface area contributed by atoms with Crippen molar-refractivity contribution in [3.05, 3.63) is 77.6 Å². The van der Waals surface area contributed by atoms with Gasteiger partial charge in [0.1, 0.15) is 6.23 Å². The average molecular weight is 461 g/mol. The van der Waals surface area contributed by atoms with Crippen LogP contribution in [-0.4, -0.2) is 76.1 Å². The Morgan fingerprint density at radius 3 is 2.68 bits per heavy atom. The fraction of sp³-hybridized carbons (Fsp3) is 0.385. The van der Waals surface area contributed by atoms with Gasteiger partial charge in [0.25, 0.3) is 0 Å². The van der Waals surface area contributed by atoms with Crippen molar-refractivity contribution in [2.45, 2.75) is 25.3 Å². The fourth-order valence-corrected chi connectivity index (χ4v) is 4.96. The van der Waals surface area contributed by atoms with Crippen LogP contribution in [-0.2, 0) is 13.0 Å². The molecule has 0 amide bonds. The summed E-state index contributed by atoms with van der Waals surface area (Å²) in [4.78, 5) is 6.44. The molecule has 2 aromatic carbocycles. The van der Waals surface area contributed by atoms with Crippen LogP contribution >= 0.6 is 0 Å². The molecule has 0 saturated carbocycles. The minimum absolute atomic E-state index is 0.415. The molecule has 34 heavy (non-hydrogen) atoms. The molecular weight excluding hydrogens is 428 g/mol. The van der Waals surface area contributed by atoms with E-state index in [1.54, 1.807) is 12.4 Å². The third-order valence-electron chi connectivity index (χ3n) is 6.78. The molecule has 3 heterocycles. The number of benzene rings is 2. The third kappa shape index (κ3) is 5.05. The first-order valence-electron chi connectivity index (χ1n) is 11.8. The maximum Gasteiger partial charge on any atom is 0.135 e. The van der Waals surface area contributed by atoms with E-state index in [1.165, 1.54) is 11.1 Å². The predicted molar refractivity (Wildman–Crippen MR) is 133 cm³/mol. The molecular formula is C26H32N6O2. The van der Waals surface area contributed by atoms with Crippen LogP contribution in [0.4, 0.5) is 17.1 Å². The molecule has 2 unspecified atom stereocenters. The van der Waals surface area contributed by atoms with E-state index in [9.17, 15) is 10.2 Å². The van der Waals surface area contributed by atoms with Crippen molar-refractivity contribution in [1.82, 2.24) is 20.0 Å². The molecule has 8 heteroatoms. The Kier molecular flexibility index (Phi) is 6.73. The van der Waals surface area contributed by atoms with Gasteiger partial charge in [-0.25, -0.2) is 0 Å². The molecule has 2 aliphatic rings. The van der Waals surface area contributed by atoms with Crippen molar-refractivity contribution in [3.8, 4) is 0 Å². The van der Waals surface area contributed by atoms with Crippen LogP contribution in [0.5, 0.6) is 0 Å². The Morgan fingerprint density at radius 2 is 1.85 bits per heavy atom. The minimum atomic E-state index is -0.797. The molecule has 0 fully saturated rings. The summed E-state index contributed by atoms with van der Waals surface area (Å²) in [6.45, 7) is 4.26. The molecule has 2 aliphatic heterocycles. The van der Waals surface area contributed by atoms with Crippen molar-refractivity contribution in [3.63, 3.8) is 0 Å². The molecule has 3 N–H and O–H groups in total. The van der Waals surface area contributed by atoms with Gasteiger partial charge in [-0.2, -0.15) is 10.2 Å². The van der Waals surface area contributed by atoms with Gasteiger partial charge in [0.2, 0.25) is 0 Å². The van der Waals surface area contributed by atoms with Gasteiger partial charge in [-0.3, -0.25) is 9.80 Å². The van der Waals surface area contributed by atoms with Gasteiger partial charge in [0.05, 0.1) is 24.2 Å². The second-order valence-electron chi connectivity index (χ2n) is 9.23. The van der Waals surface area contributed by atoms with Gasteiger partial charge in [0, 0.05) is 63.3 Å². The van der Waals surface area contributed by atoms with Gasteiger partial charge in [-0.05, 0) is 41.8 Å². The van der Waals surface area contributed by atoms with Gasteiger partial charge in [-0.1, -0.05) is 24.3 Å². The number of rotatable bonds is 6. The van der Waals surface area contributed by atoms with Crippen molar-refractivity contribution < 1.29 is 10.2 Å². The van der Waals surface area contributed by atoms with E-state index in [-0.39, 0.29) is 0 Å². The molecule has 8 nitrogen and oxygen atoms in total. The highest BCUT2D eigenvalue weighted by atomic mass is 16.3. The summed E-state index contributed by atoms with van der Waals surface area (Å²) in [5, 5.41) is 33.3. The number of aliphatic hydroxyl groups is 2. The molecule has 0 radical (unpaired) electrons. The number of nitrogens with zero attached hydrogens (tertiary/aromatic N) is 5. The monoisotopic (exact) mass is 460 g/mol. The maximum absolute atomic E-state index is 11.3. The standard InChI is InChI=1S/C26H32N6O2/c1-30-12-13-32(18-23(33)17-31-11-9-19-4-2-3-5-20(19)16-31)26(34)24-14-21(6-7-25(24)30)29-22-8-10-27-28-15-22/h2-8,10,14-15,23,26,33-34H,9,11-13,16-18H2,1H3,(H,27,29). The van der Waals surface area contributed by atoms with Crippen LogP contribution in [0, 0.1) is 0 Å². The number of β-amino-alcohol motifs (C(OH)–C–C–N with tert-alkyl or cyclic N) is 1. The molecule has 3 aromatic rings. The predicted octanol–water partition coefficient (Wildman–Crippen LogP) is 2.38. The van der Waals surface area contributed by atoms with Crippen LogP contribution in [0.25, 0.3) is 0 Å². The maximum atomic E-state index is 11.3. The van der Waals surface area contributed by atoms with Crippen LogP contribution in [0.15, 0.2) is 60.9 Å². The van der Waals surface area contributed by atoms with Gasteiger partial charge >= 0.3 is 0 Å². The normalized spacial score (nSPS) is 19.7. The summed E-state index contributed by atoms with van der Waals surface area (Å²) in [7, 11) is 2.04. The fourth-order valence-electron chi connectivity index (χ4n) is 4.96. The van der Waals surface area contributed by atoms with E-state index < -0.39 is 12.3 Å². The smallest absolute Gasteiger partial charge is 0.135 e. The number of anilines is 3. The summed E-state index contributed by atoms with van der Waals surface area (Å²) >= 11 is 0. The SMILES string of the molecule is CN1CCN(CC(O)CN2CCc3ccccc3C2)C(O)c2cc(Nc3ccnnc3)ccc21. The highest BCUT2D eigenvalue weighted by molar-refractivity contribution is 5.66. The summed E-state index contributed by atoms with van der Waals surface area (Å²) in [6.07, 6.45) is 2.97. The third-order valence-corrected chi connectivity index (χ3v) is 6.78. The molecule has 0 spiro atoms. The highest BCUT2D eigenvalue weighted by Crippen LogP contribution is 2.34. The van der Waals surface area contributed by atoms with Crippen LogP contribution in [0.2, 0.25) is 0 Å². The van der Waals surface area contributed by atoms with E-state index in [2.05, 4.69) is 49.6 Å². The van der Waals surface area contributed by atoms with Crippen LogP contribution < -0.4 is 10.2 Å². The molecule has 178 valence electrons. The minimum Gasteiger partial charge on any atom is -0.390 e. The first kappa shape index (κ1) is 22.7. The molecule has 1 aromatic heterocycles. The van der Waals surface area contributed by atoms with E-state index >= 15 is 0 Å². The van der Waals surface area contributed by atoms with Gasteiger partial charge < -0.3 is 20.4 Å². The molecule has 2 atom stereocenters. The number of nitrogens with one attached hydrogen (secondary N) is 1. The number of likely N-dealkylation sites (N-methyl/N-ethyl adjacent to an activating group) is 1. The van der Waals surface area contributed by atoms with Crippen molar-refractivity contribution in [1.29, 1.82) is 0 Å². The lowest BCUT2D eigenvalue weighted by atomic mass is 10.00. The summed E-state index contributed by atoms with van der Waals surface area (Å²) < 4.78 is 0. The highest BCUT2D eigenvalue weighted by Gasteiger charge is 2.29. The zero-order valence-electron chi connectivity index (χ0n) is 19.5. The van der Waals surface area contributed by atoms with Crippen LogP contribution in [0.1, 0.15) is 22.9 Å². The first-order valence-corrected chi connectivity index (χ1v) is 11.8. The molecule has 0 saturated heterocycles. The van der Waals surface area contributed by atoms with Gasteiger partial charge in [0.15, 0.2) is 0 Å². The van der Waals surface area contributed by atoms with E-state index in [4.69, 9.17) is 0 Å². The molecule has 5 rings (SSSR count). The van der Waals surface area contributed by atoms with Gasteiger partial charge in [-0.15, -0.1) is 0 Å². The quantitative estimate of drug-likeness (QED) is 0.517. The van der Waals surface area contributed by atoms with E-state index in [1.807, 2.05) is 36.2 Å². The number of aromatic nitrogens is 2. The number of hydrogen-bond donors (Lipinski definition) is 3. The summed E-state index contributed by atoms with van der Waals surface area (Å²) in [6, 6.07) is 16.4.